The summed E-state index contributed by atoms with van der Waals surface area (Å²) in [4.78, 5) is 38.6. The largest absolute Gasteiger partial charge is 0.385 e. The van der Waals surface area contributed by atoms with Crippen LogP contribution in [0, 0.1) is 6.92 Å². The van der Waals surface area contributed by atoms with Crippen LogP contribution in [0.4, 0.5) is 5.82 Å². The molecule has 5 rings (SSSR count). The Morgan fingerprint density at radius 2 is 1.84 bits per heavy atom. The summed E-state index contributed by atoms with van der Waals surface area (Å²) in [5.74, 6) is 0.441. The number of thioether (sulfide) groups is 1. The molecule has 8 nitrogen and oxygen atoms in total. The van der Waals surface area contributed by atoms with Crippen LogP contribution in [0.25, 0.3) is 11.7 Å². The molecule has 0 bridgehead atoms. The summed E-state index contributed by atoms with van der Waals surface area (Å²) < 4.78 is 7.18. The highest BCUT2D eigenvalue weighted by Gasteiger charge is 2.33. The molecule has 1 aromatic carbocycles. The van der Waals surface area contributed by atoms with Crippen molar-refractivity contribution < 1.29 is 9.53 Å². The first-order chi connectivity index (χ1) is 18.5. The normalized spacial score (nSPS) is 17.8. The smallest absolute Gasteiger partial charge is 0.267 e. The van der Waals surface area contributed by atoms with Gasteiger partial charge in [0.15, 0.2) is 0 Å². The molecule has 0 unspecified atom stereocenters. The van der Waals surface area contributed by atoms with Gasteiger partial charge in [-0.2, -0.15) is 0 Å². The summed E-state index contributed by atoms with van der Waals surface area (Å²) in [6.45, 7) is 7.05. The molecule has 2 aliphatic rings. The van der Waals surface area contributed by atoms with Crippen molar-refractivity contribution in [2.45, 2.75) is 19.9 Å². The van der Waals surface area contributed by atoms with Crippen LogP contribution in [-0.2, 0) is 16.1 Å². The van der Waals surface area contributed by atoms with Gasteiger partial charge >= 0.3 is 0 Å². The van der Waals surface area contributed by atoms with Gasteiger partial charge in [0.05, 0.1) is 10.5 Å². The van der Waals surface area contributed by atoms with Crippen molar-refractivity contribution in [3.8, 4) is 0 Å². The maximum absolute atomic E-state index is 13.8. The second-order valence-corrected chi connectivity index (χ2v) is 11.1. The number of carbonyl (C=O) groups excluding carboxylic acids is 1. The lowest BCUT2D eigenvalue weighted by atomic mass is 10.1. The second kappa shape index (κ2) is 11.8. The van der Waals surface area contributed by atoms with Crippen LogP contribution in [-0.4, -0.2) is 75.9 Å². The quantitative estimate of drug-likeness (QED) is 0.240. The van der Waals surface area contributed by atoms with E-state index in [1.54, 1.807) is 28.7 Å². The Labute approximate surface area is 231 Å². The van der Waals surface area contributed by atoms with E-state index in [2.05, 4.69) is 34.1 Å². The molecule has 0 atom stereocenters. The third kappa shape index (κ3) is 5.54. The number of rotatable bonds is 8. The summed E-state index contributed by atoms with van der Waals surface area (Å²) in [5.41, 5.74) is 3.06. The molecule has 198 valence electrons. The van der Waals surface area contributed by atoms with E-state index in [1.165, 1.54) is 17.3 Å². The van der Waals surface area contributed by atoms with Gasteiger partial charge in [-0.15, -0.1) is 0 Å². The maximum atomic E-state index is 13.8. The molecule has 2 aromatic heterocycles. The van der Waals surface area contributed by atoms with Gasteiger partial charge in [-0.05, 0) is 36.6 Å². The number of aryl methyl sites for hydroxylation is 1. The van der Waals surface area contributed by atoms with E-state index in [9.17, 15) is 9.59 Å². The van der Waals surface area contributed by atoms with Crippen molar-refractivity contribution in [1.82, 2.24) is 19.2 Å². The van der Waals surface area contributed by atoms with Crippen molar-refractivity contribution in [1.29, 1.82) is 0 Å². The zero-order valence-electron chi connectivity index (χ0n) is 21.6. The molecule has 3 aromatic rings. The fourth-order valence-corrected chi connectivity index (χ4v) is 6.11. The highest BCUT2D eigenvalue weighted by Crippen LogP contribution is 2.34. The molecule has 0 spiro atoms. The Kier molecular flexibility index (Phi) is 8.23. The van der Waals surface area contributed by atoms with Crippen molar-refractivity contribution in [3.63, 3.8) is 0 Å². The van der Waals surface area contributed by atoms with Crippen LogP contribution < -0.4 is 10.5 Å². The van der Waals surface area contributed by atoms with Crippen LogP contribution in [0.2, 0.25) is 0 Å². The zero-order chi connectivity index (χ0) is 26.6. The second-order valence-electron chi connectivity index (χ2n) is 9.47. The third-order valence-electron chi connectivity index (χ3n) is 6.86. The minimum absolute atomic E-state index is 0.177. The van der Waals surface area contributed by atoms with E-state index >= 15 is 0 Å². The van der Waals surface area contributed by atoms with Crippen molar-refractivity contribution >= 4 is 51.7 Å². The average Bonchev–Trinajstić information content (AvgIpc) is 3.19. The molecule has 2 saturated heterocycles. The summed E-state index contributed by atoms with van der Waals surface area (Å²) in [7, 11) is 1.63. The lowest BCUT2D eigenvalue weighted by Crippen LogP contribution is -2.47. The van der Waals surface area contributed by atoms with E-state index < -0.39 is 0 Å². The van der Waals surface area contributed by atoms with Crippen molar-refractivity contribution in [2.24, 2.45) is 0 Å². The Morgan fingerprint density at radius 1 is 1.08 bits per heavy atom. The van der Waals surface area contributed by atoms with Gasteiger partial charge in [0.2, 0.25) is 0 Å². The van der Waals surface area contributed by atoms with Gasteiger partial charge in [-0.25, -0.2) is 4.98 Å². The predicted octanol–water partition coefficient (Wildman–Crippen LogP) is 3.56. The highest BCUT2D eigenvalue weighted by molar-refractivity contribution is 8.26. The van der Waals surface area contributed by atoms with Crippen molar-refractivity contribution in [3.05, 3.63) is 80.6 Å². The van der Waals surface area contributed by atoms with Crippen LogP contribution in [0.15, 0.2) is 58.4 Å². The maximum Gasteiger partial charge on any atom is 0.267 e. The minimum Gasteiger partial charge on any atom is -0.385 e. The fourth-order valence-electron chi connectivity index (χ4n) is 4.82. The van der Waals surface area contributed by atoms with E-state index in [0.717, 1.165) is 38.3 Å². The molecule has 38 heavy (non-hydrogen) atoms. The fraction of sp³-hybridized carbons (Fsp3) is 0.357. The molecule has 2 aliphatic heterocycles. The van der Waals surface area contributed by atoms with Crippen LogP contribution in [0.1, 0.15) is 23.1 Å². The Balaban J connectivity index is 1.46. The summed E-state index contributed by atoms with van der Waals surface area (Å²) in [5, 5.41) is 0. The number of hydrogen-bond acceptors (Lipinski definition) is 8. The van der Waals surface area contributed by atoms with E-state index in [-0.39, 0.29) is 11.5 Å². The van der Waals surface area contributed by atoms with E-state index in [0.29, 0.717) is 45.8 Å². The summed E-state index contributed by atoms with van der Waals surface area (Å²) in [6, 6.07) is 14.2. The number of pyridine rings is 1. The SMILES string of the molecule is COCCCN1C(=O)/C(=C\c2c(N3CCN(Cc4ccccc4)CC3)nc3c(C)cccn3c2=O)SC1=S. The van der Waals surface area contributed by atoms with E-state index in [1.807, 2.05) is 25.1 Å². The first-order valence-electron chi connectivity index (χ1n) is 12.7. The number of aromatic nitrogens is 2. The molecular formula is C28H31N5O3S2. The van der Waals surface area contributed by atoms with Gasteiger partial charge in [-0.1, -0.05) is 60.4 Å². The molecule has 0 N–H and O–H groups in total. The molecule has 0 radical (unpaired) electrons. The average molecular weight is 550 g/mol. The number of nitrogens with zero attached hydrogens (tertiary/aromatic N) is 5. The van der Waals surface area contributed by atoms with Crippen LogP contribution in [0.3, 0.4) is 0 Å². The number of ether oxygens (including phenoxy) is 1. The monoisotopic (exact) mass is 549 g/mol. The van der Waals surface area contributed by atoms with Crippen LogP contribution >= 0.6 is 24.0 Å². The number of piperazine rings is 1. The van der Waals surface area contributed by atoms with Gasteiger partial charge in [0, 0.05) is 59.2 Å². The number of amides is 1. The molecule has 0 saturated carbocycles. The lowest BCUT2D eigenvalue weighted by Gasteiger charge is -2.36. The number of carbonyl (C=O) groups is 1. The van der Waals surface area contributed by atoms with Gasteiger partial charge in [0.25, 0.3) is 11.5 Å². The topological polar surface area (TPSA) is 70.4 Å². The molecule has 10 heteroatoms. The number of methoxy groups -OCH3 is 1. The zero-order valence-corrected chi connectivity index (χ0v) is 23.3. The minimum atomic E-state index is -0.190. The Bertz CT molecular complexity index is 1430. The first kappa shape index (κ1) is 26.6. The van der Waals surface area contributed by atoms with Crippen molar-refractivity contribution in [2.75, 3.05) is 51.3 Å². The molecular weight excluding hydrogens is 518 g/mol. The highest BCUT2D eigenvalue weighted by atomic mass is 32.2. The molecule has 4 heterocycles. The number of fused-ring (bicyclic) bond motifs is 1. The number of benzene rings is 1. The van der Waals surface area contributed by atoms with Gasteiger partial charge in [-0.3, -0.25) is 23.8 Å². The summed E-state index contributed by atoms with van der Waals surface area (Å²) in [6.07, 6.45) is 4.10. The number of anilines is 1. The predicted molar refractivity (Wildman–Crippen MR) is 157 cm³/mol. The Morgan fingerprint density at radius 3 is 2.58 bits per heavy atom. The first-order valence-corrected chi connectivity index (χ1v) is 14.0. The number of hydrogen-bond donors (Lipinski definition) is 0. The molecule has 0 aliphatic carbocycles. The third-order valence-corrected chi connectivity index (χ3v) is 8.24. The molecule has 1 amide bonds. The molecule has 2 fully saturated rings. The van der Waals surface area contributed by atoms with E-state index in [4.69, 9.17) is 21.9 Å². The standard InChI is InChI=1S/C28H31N5O3S2/c1-20-8-6-11-32-24(20)29-25(31-15-13-30(14-16-31)19-21-9-4-3-5-10-21)22(26(32)34)18-23-27(35)33(28(37)38-23)12-7-17-36-2/h3-6,8-11,18H,7,12-17,19H2,1-2H3/b23-18+. The summed E-state index contributed by atoms with van der Waals surface area (Å²) >= 11 is 6.72. The number of thiocarbonyl (C=S) groups is 1. The van der Waals surface area contributed by atoms with Gasteiger partial charge in [0.1, 0.15) is 15.8 Å². The lowest BCUT2D eigenvalue weighted by molar-refractivity contribution is -0.122. The van der Waals surface area contributed by atoms with Gasteiger partial charge < -0.3 is 9.64 Å². The van der Waals surface area contributed by atoms with Crippen LogP contribution in [0.5, 0.6) is 0 Å². The Hall–Kier alpha value is -3.05.